The molecule has 0 spiro atoms. The van der Waals surface area contributed by atoms with Crippen LogP contribution in [-0.4, -0.2) is 8.07 Å². The third kappa shape index (κ3) is 9.78. The highest BCUT2D eigenvalue weighted by atomic mass is 28.3. The summed E-state index contributed by atoms with van der Waals surface area (Å²) in [4.78, 5) is 0. The summed E-state index contributed by atoms with van der Waals surface area (Å²) in [5, 5.41) is 0. The van der Waals surface area contributed by atoms with Crippen LogP contribution in [0.1, 0.15) is 34.0 Å². The van der Waals surface area contributed by atoms with E-state index in [1.165, 1.54) is 6.42 Å². The summed E-state index contributed by atoms with van der Waals surface area (Å²) < 4.78 is 7.60. The summed E-state index contributed by atoms with van der Waals surface area (Å²) in [6.07, 6.45) is 3.10. The zero-order valence-electron chi connectivity index (χ0n) is 9.20. The molecule has 0 heterocycles. The molecule has 1 heteroatoms. The average molecular weight is 169 g/mol. The van der Waals surface area contributed by atoms with Crippen LogP contribution in [0.25, 0.3) is 0 Å². The van der Waals surface area contributed by atoms with Gasteiger partial charge in [0.25, 0.3) is 0 Å². The van der Waals surface area contributed by atoms with Crippen LogP contribution in [0.2, 0.25) is 19.6 Å². The third-order valence-electron chi connectivity index (χ3n) is 1.25. The lowest BCUT2D eigenvalue weighted by Crippen LogP contribution is -2.16. The van der Waals surface area contributed by atoms with Crippen molar-refractivity contribution < 1.29 is 1.37 Å². The van der Waals surface area contributed by atoms with Gasteiger partial charge >= 0.3 is 0 Å². The van der Waals surface area contributed by atoms with Crippen molar-refractivity contribution in [2.45, 2.75) is 52.2 Å². The van der Waals surface area contributed by atoms with Crippen LogP contribution in [0.15, 0.2) is 0 Å². The molecule has 0 saturated heterocycles. The van der Waals surface area contributed by atoms with Gasteiger partial charge in [0.1, 0.15) is 8.07 Å². The topological polar surface area (TPSA) is 0 Å². The number of unbranched alkanes of at least 4 members (excludes halogenated alkanes) is 1. The predicted octanol–water partition coefficient (Wildman–Crippen LogP) is 3.45. The van der Waals surface area contributed by atoms with Crippen LogP contribution in [0, 0.1) is 11.5 Å². The van der Waals surface area contributed by atoms with E-state index in [1.54, 1.807) is 0 Å². The van der Waals surface area contributed by atoms with Crippen molar-refractivity contribution in [3.63, 3.8) is 0 Å². The maximum Gasteiger partial charge on any atom is 0.129 e. The van der Waals surface area contributed by atoms with Crippen LogP contribution >= 0.6 is 0 Å². The molecular formula is C10H20Si. The Hall–Kier alpha value is -0.223. The second-order valence-electron chi connectivity index (χ2n) is 3.87. The summed E-state index contributed by atoms with van der Waals surface area (Å²) in [6, 6.07) is 0. The molecule has 0 aliphatic carbocycles. The first kappa shape index (κ1) is 8.87. The van der Waals surface area contributed by atoms with Gasteiger partial charge in [-0.1, -0.05) is 39.4 Å². The van der Waals surface area contributed by atoms with E-state index in [9.17, 15) is 0 Å². The molecule has 0 radical (unpaired) electrons. The highest BCUT2D eigenvalue weighted by Gasteiger charge is 2.06. The van der Waals surface area contributed by atoms with Crippen LogP contribution < -0.4 is 0 Å². The first-order valence-electron chi connectivity index (χ1n) is 4.98. The largest absolute Gasteiger partial charge is 0.132 e. The van der Waals surface area contributed by atoms with Gasteiger partial charge in [0, 0.05) is 7.77 Å². The molecule has 0 aromatic rings. The lowest BCUT2D eigenvalue weighted by atomic mass is 10.2. The van der Waals surface area contributed by atoms with Crippen LogP contribution in [-0.2, 0) is 0 Å². The summed E-state index contributed by atoms with van der Waals surface area (Å²) in [7, 11) is -1.24. The first-order chi connectivity index (χ1) is 5.45. The van der Waals surface area contributed by atoms with E-state index in [0.29, 0.717) is 0 Å². The van der Waals surface area contributed by atoms with Crippen molar-refractivity contribution in [2.24, 2.45) is 0 Å². The standard InChI is InChI=1S/C10H20Si/c1-5-6-7-8-9-10-11(2,3)4/h5-8H2,1-4H3/i8D/t8-/m1/s1. The lowest BCUT2D eigenvalue weighted by molar-refractivity contribution is 0.737. The molecule has 0 amide bonds. The van der Waals surface area contributed by atoms with Gasteiger partial charge in [0.2, 0.25) is 0 Å². The summed E-state index contributed by atoms with van der Waals surface area (Å²) in [6.45, 7) is 8.80. The van der Waals surface area contributed by atoms with E-state index in [-0.39, 0.29) is 6.40 Å². The number of hydrogen-bond donors (Lipinski definition) is 0. The first-order valence-corrected chi connectivity index (χ1v) is 7.90. The molecule has 11 heavy (non-hydrogen) atoms. The molecule has 0 aromatic heterocycles. The second kappa shape index (κ2) is 5.43. The predicted molar refractivity (Wildman–Crippen MR) is 55.3 cm³/mol. The van der Waals surface area contributed by atoms with Gasteiger partial charge in [0.05, 0.1) is 0 Å². The van der Waals surface area contributed by atoms with Crippen LogP contribution in [0.3, 0.4) is 0 Å². The van der Waals surface area contributed by atoms with Crippen molar-refractivity contribution in [3.05, 3.63) is 0 Å². The summed E-state index contributed by atoms with van der Waals surface area (Å²) >= 11 is 0. The Balaban J connectivity index is 3.79. The Morgan fingerprint density at radius 3 is 2.36 bits per heavy atom. The van der Waals surface area contributed by atoms with Gasteiger partial charge in [-0.25, -0.2) is 0 Å². The molecule has 0 aliphatic rings. The Bertz CT molecular complexity index is 171. The minimum Gasteiger partial charge on any atom is -0.132 e. The van der Waals surface area contributed by atoms with E-state index >= 15 is 0 Å². The molecule has 0 aliphatic heterocycles. The van der Waals surface area contributed by atoms with E-state index in [0.717, 1.165) is 12.8 Å². The smallest absolute Gasteiger partial charge is 0.129 e. The van der Waals surface area contributed by atoms with Gasteiger partial charge in [-0.15, -0.1) is 11.5 Å². The van der Waals surface area contributed by atoms with Gasteiger partial charge in [-0.05, 0) is 6.42 Å². The molecule has 0 N–H and O–H groups in total. The SMILES string of the molecule is [2H][C@@H](C#C[Si](C)(C)C)CCCC. The van der Waals surface area contributed by atoms with Crippen molar-refractivity contribution >= 4 is 8.07 Å². The summed E-state index contributed by atoms with van der Waals surface area (Å²) in [5.41, 5.74) is 3.23. The van der Waals surface area contributed by atoms with Crippen molar-refractivity contribution in [2.75, 3.05) is 0 Å². The van der Waals surface area contributed by atoms with Crippen LogP contribution in [0.5, 0.6) is 0 Å². The number of rotatable bonds is 3. The zero-order valence-corrected chi connectivity index (χ0v) is 9.20. The van der Waals surface area contributed by atoms with Crippen molar-refractivity contribution in [1.29, 1.82) is 0 Å². The fourth-order valence-electron chi connectivity index (χ4n) is 0.646. The Kier molecular flexibility index (Phi) is 4.38. The highest BCUT2D eigenvalue weighted by molar-refractivity contribution is 6.83. The summed E-state index contributed by atoms with van der Waals surface area (Å²) in [5.74, 6) is 3.04. The Labute approximate surface area is 73.8 Å². The minimum atomic E-state index is -1.24. The van der Waals surface area contributed by atoms with Gasteiger partial charge < -0.3 is 0 Å². The van der Waals surface area contributed by atoms with E-state index in [1.807, 2.05) is 0 Å². The molecule has 0 unspecified atom stereocenters. The molecule has 0 saturated carbocycles. The Morgan fingerprint density at radius 2 is 1.91 bits per heavy atom. The van der Waals surface area contributed by atoms with E-state index in [2.05, 4.69) is 38.0 Å². The molecule has 0 nitrogen and oxygen atoms in total. The van der Waals surface area contributed by atoms with E-state index in [4.69, 9.17) is 1.37 Å². The molecular weight excluding hydrogens is 148 g/mol. The van der Waals surface area contributed by atoms with E-state index < -0.39 is 8.07 Å². The third-order valence-corrected chi connectivity index (χ3v) is 2.15. The quantitative estimate of drug-likeness (QED) is 0.448. The maximum absolute atomic E-state index is 7.60. The van der Waals surface area contributed by atoms with Gasteiger partial charge in [0.15, 0.2) is 0 Å². The maximum atomic E-state index is 7.60. The average Bonchev–Trinajstić information content (AvgIpc) is 1.95. The van der Waals surface area contributed by atoms with Crippen molar-refractivity contribution in [3.8, 4) is 11.5 Å². The molecule has 0 aromatic carbocycles. The minimum absolute atomic E-state index is 0.142. The van der Waals surface area contributed by atoms with Crippen molar-refractivity contribution in [1.82, 2.24) is 0 Å². The molecule has 0 rings (SSSR count). The molecule has 64 valence electrons. The Morgan fingerprint density at radius 1 is 1.27 bits per heavy atom. The second-order valence-corrected chi connectivity index (χ2v) is 8.62. The normalized spacial score (nSPS) is 14.7. The molecule has 0 bridgehead atoms. The highest BCUT2D eigenvalue weighted by Crippen LogP contribution is 2.00. The fourth-order valence-corrected chi connectivity index (χ4v) is 1.18. The molecule has 0 fully saturated rings. The zero-order chi connectivity index (χ0) is 9.61. The monoisotopic (exact) mass is 169 g/mol. The van der Waals surface area contributed by atoms with Gasteiger partial charge in [-0.3, -0.25) is 0 Å². The number of hydrogen-bond acceptors (Lipinski definition) is 0. The lowest BCUT2D eigenvalue weighted by Gasteiger charge is -2.02. The fraction of sp³-hybridized carbons (Fsp3) is 0.800. The van der Waals surface area contributed by atoms with Gasteiger partial charge in [-0.2, -0.15) is 0 Å². The van der Waals surface area contributed by atoms with Crippen LogP contribution in [0.4, 0.5) is 0 Å². The molecule has 1 atom stereocenters.